The molecule has 1 aromatic rings. The molecule has 1 heterocycles. The lowest BCUT2D eigenvalue weighted by Gasteiger charge is -2.12. The molecule has 1 aliphatic heterocycles. The van der Waals surface area contributed by atoms with Crippen LogP contribution in [0.15, 0.2) is 23.1 Å². The molecule has 2 rings (SSSR count). The highest BCUT2D eigenvalue weighted by atomic mass is 35.5. The second kappa shape index (κ2) is 6.56. The zero-order chi connectivity index (χ0) is 13.8. The fourth-order valence-corrected chi connectivity index (χ4v) is 3.10. The molecule has 1 aromatic carbocycles. The summed E-state index contributed by atoms with van der Waals surface area (Å²) in [5.41, 5.74) is 2.09. The average Bonchev–Trinajstić information content (AvgIpc) is 2.88. The number of benzene rings is 1. The fraction of sp³-hybridized carbons (Fsp3) is 0.417. The van der Waals surface area contributed by atoms with Gasteiger partial charge in [-0.25, -0.2) is 10.2 Å². The molecule has 0 radical (unpaired) electrons. The summed E-state index contributed by atoms with van der Waals surface area (Å²) in [6, 6.07) is 4.59. The average molecular weight is 305 g/mol. The van der Waals surface area contributed by atoms with Gasteiger partial charge in [0, 0.05) is 10.6 Å². The Labute approximate surface area is 119 Å². The van der Waals surface area contributed by atoms with Gasteiger partial charge in [-0.3, -0.25) is 10.2 Å². The zero-order valence-corrected chi connectivity index (χ0v) is 11.6. The smallest absolute Gasteiger partial charge is 0.263 e. The van der Waals surface area contributed by atoms with Crippen LogP contribution in [0.1, 0.15) is 12.8 Å². The monoisotopic (exact) mass is 304 g/mol. The van der Waals surface area contributed by atoms with E-state index in [1.54, 1.807) is 12.1 Å². The van der Waals surface area contributed by atoms with Crippen molar-refractivity contribution in [2.75, 3.05) is 5.75 Å². The number of carbonyl (C=O) groups excluding carboxylic acids is 1. The van der Waals surface area contributed by atoms with Crippen molar-refractivity contribution in [1.29, 1.82) is 0 Å². The van der Waals surface area contributed by atoms with Crippen LogP contribution in [-0.2, 0) is 9.53 Å². The number of thioether (sulfide) groups is 1. The summed E-state index contributed by atoms with van der Waals surface area (Å²) in [6.45, 7) is 0. The van der Waals surface area contributed by atoms with Crippen molar-refractivity contribution in [3.05, 3.63) is 29.0 Å². The number of halogens is 2. The molecule has 104 valence electrons. The van der Waals surface area contributed by atoms with Crippen molar-refractivity contribution in [1.82, 2.24) is 5.43 Å². The predicted octanol–water partition coefficient (Wildman–Crippen LogP) is 2.11. The van der Waals surface area contributed by atoms with E-state index < -0.39 is 11.9 Å². The highest BCUT2D eigenvalue weighted by Crippen LogP contribution is 2.28. The number of amides is 1. The first-order valence-corrected chi connectivity index (χ1v) is 7.20. The Morgan fingerprint density at radius 2 is 2.37 bits per heavy atom. The number of rotatable bonds is 4. The number of carbonyl (C=O) groups is 1. The van der Waals surface area contributed by atoms with Gasteiger partial charge in [0.2, 0.25) is 0 Å². The van der Waals surface area contributed by atoms with Gasteiger partial charge in [0.05, 0.1) is 11.1 Å². The lowest BCUT2D eigenvalue weighted by molar-refractivity contribution is -0.131. The van der Waals surface area contributed by atoms with E-state index in [0.29, 0.717) is 12.2 Å². The summed E-state index contributed by atoms with van der Waals surface area (Å²) < 4.78 is 18.6. The molecule has 0 bridgehead atoms. The lowest BCUT2D eigenvalue weighted by atomic mass is 10.2. The van der Waals surface area contributed by atoms with Gasteiger partial charge in [0.1, 0.15) is 11.9 Å². The van der Waals surface area contributed by atoms with Crippen LogP contribution >= 0.6 is 23.4 Å². The first kappa shape index (κ1) is 14.6. The molecule has 1 saturated heterocycles. The molecule has 7 heteroatoms. The minimum absolute atomic E-state index is 0.00358. The summed E-state index contributed by atoms with van der Waals surface area (Å²) >= 11 is 7.23. The van der Waals surface area contributed by atoms with Crippen molar-refractivity contribution in [3.8, 4) is 0 Å². The minimum Gasteiger partial charge on any atom is -0.364 e. The van der Waals surface area contributed by atoms with Gasteiger partial charge in [0.15, 0.2) is 0 Å². The van der Waals surface area contributed by atoms with Gasteiger partial charge in [-0.15, -0.1) is 11.8 Å². The van der Waals surface area contributed by atoms with Gasteiger partial charge < -0.3 is 4.74 Å². The Morgan fingerprint density at radius 3 is 3.05 bits per heavy atom. The minimum atomic E-state index is -0.465. The lowest BCUT2D eigenvalue weighted by Crippen LogP contribution is -2.39. The molecule has 0 saturated carbocycles. The van der Waals surface area contributed by atoms with E-state index in [2.05, 4.69) is 5.43 Å². The summed E-state index contributed by atoms with van der Waals surface area (Å²) in [5.74, 6) is 5.03. The van der Waals surface area contributed by atoms with Crippen molar-refractivity contribution >= 4 is 29.3 Å². The highest BCUT2D eigenvalue weighted by Gasteiger charge is 2.30. The number of hydrazine groups is 1. The Kier molecular flexibility index (Phi) is 5.04. The molecule has 19 heavy (non-hydrogen) atoms. The van der Waals surface area contributed by atoms with Gasteiger partial charge in [-0.2, -0.15) is 0 Å². The van der Waals surface area contributed by atoms with E-state index in [-0.39, 0.29) is 17.0 Å². The Balaban J connectivity index is 1.83. The molecule has 0 aromatic heterocycles. The van der Waals surface area contributed by atoms with Crippen LogP contribution in [-0.4, -0.2) is 23.9 Å². The standard InChI is InChI=1S/C12H14ClFN2O2S/c13-9-5-8(2-3-10(9)14)19-6-7-1-4-11(18-7)12(17)16-15/h2-3,5,7,11H,1,4,6,15H2,(H,16,17). The van der Waals surface area contributed by atoms with E-state index in [4.69, 9.17) is 22.2 Å². The quantitative estimate of drug-likeness (QED) is 0.387. The summed E-state index contributed by atoms with van der Waals surface area (Å²) in [5, 5.41) is 0.109. The molecule has 2 atom stereocenters. The third-order valence-electron chi connectivity index (χ3n) is 2.87. The number of hydrogen-bond donors (Lipinski definition) is 2. The number of nitrogens with two attached hydrogens (primary N) is 1. The van der Waals surface area contributed by atoms with Crippen molar-refractivity contribution in [3.63, 3.8) is 0 Å². The molecule has 2 unspecified atom stereocenters. The van der Waals surface area contributed by atoms with E-state index >= 15 is 0 Å². The molecule has 1 aliphatic rings. The molecule has 1 amide bonds. The molecule has 3 N–H and O–H groups in total. The first-order chi connectivity index (χ1) is 9.10. The van der Waals surface area contributed by atoms with E-state index in [0.717, 1.165) is 11.3 Å². The maximum atomic E-state index is 13.0. The Morgan fingerprint density at radius 1 is 1.58 bits per heavy atom. The molecular weight excluding hydrogens is 291 g/mol. The van der Waals surface area contributed by atoms with Crippen LogP contribution < -0.4 is 11.3 Å². The SMILES string of the molecule is NNC(=O)C1CCC(CSc2ccc(F)c(Cl)c2)O1. The second-order valence-corrected chi connectivity index (χ2v) is 5.72. The van der Waals surface area contributed by atoms with Gasteiger partial charge in [-0.1, -0.05) is 11.6 Å². The Bertz CT molecular complexity index is 475. The Hall–Kier alpha value is -0.820. The number of ether oxygens (including phenoxy) is 1. The van der Waals surface area contributed by atoms with E-state index in [1.807, 2.05) is 0 Å². The largest absolute Gasteiger partial charge is 0.364 e. The molecule has 1 fully saturated rings. The maximum Gasteiger partial charge on any atom is 0.263 e. The molecule has 4 nitrogen and oxygen atoms in total. The van der Waals surface area contributed by atoms with Crippen LogP contribution in [0.2, 0.25) is 5.02 Å². The molecular formula is C12H14ClFN2O2S. The molecule has 0 aliphatic carbocycles. The maximum absolute atomic E-state index is 13.0. The molecule has 0 spiro atoms. The third kappa shape index (κ3) is 3.82. The van der Waals surface area contributed by atoms with E-state index in [1.165, 1.54) is 17.8 Å². The van der Waals surface area contributed by atoms with Crippen LogP contribution in [0.3, 0.4) is 0 Å². The second-order valence-electron chi connectivity index (χ2n) is 4.22. The summed E-state index contributed by atoms with van der Waals surface area (Å²) in [4.78, 5) is 12.2. The van der Waals surface area contributed by atoms with Crippen molar-refractivity contribution in [2.24, 2.45) is 5.84 Å². The number of hydrogen-bond acceptors (Lipinski definition) is 4. The third-order valence-corrected chi connectivity index (χ3v) is 4.28. The van der Waals surface area contributed by atoms with Gasteiger partial charge >= 0.3 is 0 Å². The van der Waals surface area contributed by atoms with Gasteiger partial charge in [-0.05, 0) is 31.0 Å². The van der Waals surface area contributed by atoms with Crippen LogP contribution in [0.5, 0.6) is 0 Å². The van der Waals surface area contributed by atoms with Crippen LogP contribution in [0.25, 0.3) is 0 Å². The van der Waals surface area contributed by atoms with Crippen LogP contribution in [0.4, 0.5) is 4.39 Å². The summed E-state index contributed by atoms with van der Waals surface area (Å²) in [7, 11) is 0. The number of nitrogens with one attached hydrogen (secondary N) is 1. The van der Waals surface area contributed by atoms with Crippen molar-refractivity contribution < 1.29 is 13.9 Å². The predicted molar refractivity (Wildman–Crippen MR) is 72.4 cm³/mol. The zero-order valence-electron chi connectivity index (χ0n) is 10.1. The normalized spacial score (nSPS) is 22.5. The fourth-order valence-electron chi connectivity index (χ4n) is 1.87. The summed E-state index contributed by atoms with van der Waals surface area (Å²) in [6.07, 6.45) is 1.00. The van der Waals surface area contributed by atoms with Crippen LogP contribution in [0, 0.1) is 5.82 Å². The first-order valence-electron chi connectivity index (χ1n) is 5.84. The van der Waals surface area contributed by atoms with Crippen molar-refractivity contribution in [2.45, 2.75) is 29.9 Å². The van der Waals surface area contributed by atoms with Gasteiger partial charge in [0.25, 0.3) is 5.91 Å². The van der Waals surface area contributed by atoms with E-state index in [9.17, 15) is 9.18 Å². The highest BCUT2D eigenvalue weighted by molar-refractivity contribution is 7.99. The topological polar surface area (TPSA) is 64.3 Å².